The first-order valence-corrected chi connectivity index (χ1v) is 14.4. The lowest BCUT2D eigenvalue weighted by Gasteiger charge is -2.21. The molecule has 4 aromatic heterocycles. The van der Waals surface area contributed by atoms with Crippen LogP contribution in [0.4, 0.5) is 19.0 Å². The Bertz CT molecular complexity index is 1810. The summed E-state index contributed by atoms with van der Waals surface area (Å²) in [5, 5.41) is 2.69. The van der Waals surface area contributed by atoms with Gasteiger partial charge in [-0.15, -0.1) is 0 Å². The Balaban J connectivity index is 1.61. The third kappa shape index (κ3) is 5.47. The van der Waals surface area contributed by atoms with Gasteiger partial charge in [-0.1, -0.05) is 6.92 Å². The van der Waals surface area contributed by atoms with Crippen LogP contribution in [-0.4, -0.2) is 59.8 Å². The molecule has 4 heterocycles. The average Bonchev–Trinajstić information content (AvgIpc) is 3.77. The van der Waals surface area contributed by atoms with Crippen molar-refractivity contribution in [3.8, 4) is 11.4 Å². The topological polar surface area (TPSA) is 158 Å². The van der Waals surface area contributed by atoms with Crippen molar-refractivity contribution in [3.05, 3.63) is 52.0 Å². The Labute approximate surface area is 232 Å². The van der Waals surface area contributed by atoms with E-state index in [1.54, 1.807) is 13.8 Å². The number of hydrogen-bond acceptors (Lipinski definition) is 11. The van der Waals surface area contributed by atoms with Crippen LogP contribution >= 0.6 is 0 Å². The number of aromatic nitrogens is 8. The first kappa shape index (κ1) is 28.4. The molecule has 1 aliphatic carbocycles. The fraction of sp³-hybridized carbons (Fsp3) is 0.440. The Hall–Kier alpha value is -4.08. The van der Waals surface area contributed by atoms with Gasteiger partial charge in [0.1, 0.15) is 28.6 Å². The quantitative estimate of drug-likeness (QED) is 0.321. The zero-order valence-electron chi connectivity index (χ0n) is 22.6. The summed E-state index contributed by atoms with van der Waals surface area (Å²) in [6, 6.07) is -2.24. The lowest BCUT2D eigenvalue weighted by Crippen LogP contribution is -2.35. The van der Waals surface area contributed by atoms with Crippen molar-refractivity contribution in [2.75, 3.05) is 11.1 Å². The summed E-state index contributed by atoms with van der Waals surface area (Å²) >= 11 is 0. The second-order valence-electron chi connectivity index (χ2n) is 9.74. The van der Waals surface area contributed by atoms with Crippen LogP contribution in [-0.2, 0) is 16.4 Å². The zero-order valence-corrected chi connectivity index (χ0v) is 23.4. The van der Waals surface area contributed by atoms with Crippen molar-refractivity contribution in [2.45, 2.75) is 70.1 Å². The minimum absolute atomic E-state index is 0.000250. The van der Waals surface area contributed by atoms with E-state index in [1.807, 2.05) is 0 Å². The maximum absolute atomic E-state index is 14.0. The van der Waals surface area contributed by atoms with E-state index in [1.165, 1.54) is 13.3 Å². The highest BCUT2D eigenvalue weighted by Crippen LogP contribution is 2.43. The van der Waals surface area contributed by atoms with Crippen LogP contribution < -0.4 is 10.9 Å². The molecule has 0 spiro atoms. The molecule has 1 unspecified atom stereocenters. The Kier molecular flexibility index (Phi) is 7.21. The number of nitrogens with one attached hydrogen (secondary N) is 1. The Morgan fingerprint density at radius 3 is 2.34 bits per heavy atom. The van der Waals surface area contributed by atoms with Crippen molar-refractivity contribution < 1.29 is 21.6 Å². The third-order valence-electron chi connectivity index (χ3n) is 6.86. The molecule has 41 heavy (non-hydrogen) atoms. The van der Waals surface area contributed by atoms with Gasteiger partial charge in [0.15, 0.2) is 27.1 Å². The second-order valence-corrected chi connectivity index (χ2v) is 12.0. The van der Waals surface area contributed by atoms with Crippen molar-refractivity contribution in [1.29, 1.82) is 0 Å². The first-order valence-electron chi connectivity index (χ1n) is 12.8. The largest absolute Gasteiger partial charge is 0.409 e. The Morgan fingerprint density at radius 2 is 1.73 bits per heavy atom. The molecule has 12 nitrogen and oxygen atoms in total. The maximum atomic E-state index is 14.0. The van der Waals surface area contributed by atoms with Gasteiger partial charge >= 0.3 is 6.18 Å². The molecule has 216 valence electrons. The van der Waals surface area contributed by atoms with E-state index >= 15 is 0 Å². The maximum Gasteiger partial charge on any atom is 0.409 e. The van der Waals surface area contributed by atoms with Gasteiger partial charge < -0.3 is 5.32 Å². The molecule has 1 atom stereocenters. The van der Waals surface area contributed by atoms with Gasteiger partial charge in [-0.05, 0) is 33.6 Å². The number of fused-ring (bicyclic) bond motifs is 1. The third-order valence-corrected chi connectivity index (χ3v) is 8.55. The number of hydrogen-bond donors (Lipinski definition) is 1. The summed E-state index contributed by atoms with van der Waals surface area (Å²) < 4.78 is 66.6. The summed E-state index contributed by atoms with van der Waals surface area (Å²) in [5.41, 5.74) is 0.751. The average molecular weight is 590 g/mol. The van der Waals surface area contributed by atoms with Gasteiger partial charge in [-0.3, -0.25) is 9.36 Å². The van der Waals surface area contributed by atoms with Crippen molar-refractivity contribution >= 4 is 26.8 Å². The number of anilines is 1. The van der Waals surface area contributed by atoms with E-state index in [4.69, 9.17) is 0 Å². The van der Waals surface area contributed by atoms with E-state index in [-0.39, 0.29) is 57.4 Å². The molecule has 4 aromatic rings. The van der Waals surface area contributed by atoms with Crippen molar-refractivity contribution in [3.63, 3.8) is 0 Å². The highest BCUT2D eigenvalue weighted by atomic mass is 32.2. The van der Waals surface area contributed by atoms with Crippen LogP contribution in [0.15, 0.2) is 28.4 Å². The lowest BCUT2D eigenvalue weighted by molar-refractivity contribution is -0.162. The van der Waals surface area contributed by atoms with E-state index in [9.17, 15) is 26.4 Å². The predicted octanol–water partition coefficient (Wildman–Crippen LogP) is 3.46. The predicted molar refractivity (Wildman–Crippen MR) is 142 cm³/mol. The number of nitrogens with zero attached hydrogens (tertiary/aromatic N) is 8. The monoisotopic (exact) mass is 589 g/mol. The fourth-order valence-corrected chi connectivity index (χ4v) is 5.07. The molecular weight excluding hydrogens is 563 g/mol. The normalized spacial score (nSPS) is 14.8. The number of aryl methyl sites for hydroxylation is 2. The minimum atomic E-state index is -4.77. The smallest absolute Gasteiger partial charge is 0.358 e. The van der Waals surface area contributed by atoms with Gasteiger partial charge in [0.25, 0.3) is 5.56 Å². The molecule has 0 radical (unpaired) electrons. The van der Waals surface area contributed by atoms with Crippen LogP contribution in [0.1, 0.15) is 61.6 Å². The summed E-state index contributed by atoms with van der Waals surface area (Å²) in [6.45, 7) is 5.46. The molecule has 0 aromatic carbocycles. The first-order chi connectivity index (χ1) is 19.3. The molecule has 1 saturated carbocycles. The molecule has 1 aliphatic rings. The van der Waals surface area contributed by atoms with Crippen LogP contribution in [0.25, 0.3) is 22.6 Å². The summed E-state index contributed by atoms with van der Waals surface area (Å²) in [4.78, 5) is 43.2. The fourth-order valence-electron chi connectivity index (χ4n) is 4.31. The molecule has 0 saturated heterocycles. The van der Waals surface area contributed by atoms with Gasteiger partial charge in [-0.2, -0.15) is 13.2 Å². The molecule has 0 amide bonds. The van der Waals surface area contributed by atoms with Gasteiger partial charge in [0.2, 0.25) is 0 Å². The zero-order chi connectivity index (χ0) is 29.7. The van der Waals surface area contributed by atoms with Crippen LogP contribution in [0.5, 0.6) is 0 Å². The van der Waals surface area contributed by atoms with Gasteiger partial charge in [-0.25, -0.2) is 43.3 Å². The number of rotatable bonds is 8. The minimum Gasteiger partial charge on any atom is -0.358 e. The van der Waals surface area contributed by atoms with E-state index < -0.39 is 27.6 Å². The highest BCUT2D eigenvalue weighted by Gasteiger charge is 2.40. The molecule has 16 heteroatoms. The number of alkyl halides is 3. The SMILES string of the molecule is CCS(=O)(=O)c1cnc(CNc2nc3c(C)nc(-c4c(C)ncnc4C4CC4)nc3n(C(C)C(F)(F)F)c2=O)nc1. The van der Waals surface area contributed by atoms with Crippen LogP contribution in [0.2, 0.25) is 0 Å². The summed E-state index contributed by atoms with van der Waals surface area (Å²) in [6.07, 6.45) is 0.758. The summed E-state index contributed by atoms with van der Waals surface area (Å²) in [5.74, 6) is -0.110. The van der Waals surface area contributed by atoms with E-state index in [0.717, 1.165) is 37.9 Å². The van der Waals surface area contributed by atoms with E-state index in [2.05, 4.69) is 40.2 Å². The molecular formula is C25H26F3N9O3S. The highest BCUT2D eigenvalue weighted by molar-refractivity contribution is 7.91. The number of sulfone groups is 1. The van der Waals surface area contributed by atoms with Crippen LogP contribution in [0, 0.1) is 13.8 Å². The molecule has 5 rings (SSSR count). The number of halogens is 3. The second kappa shape index (κ2) is 10.4. The van der Waals surface area contributed by atoms with Crippen LogP contribution in [0.3, 0.4) is 0 Å². The molecule has 1 N–H and O–H groups in total. The van der Waals surface area contributed by atoms with E-state index in [0.29, 0.717) is 15.8 Å². The molecule has 1 fully saturated rings. The standard InChI is InChI=1S/C25H26F3N9O3S/c1-5-41(39,40)16-8-29-17(30-9-16)10-31-22-24(38)37(14(4)25(26,27)28)23-19(35-22)13(3)34-21(36-23)18-12(2)32-11-33-20(18)15-6-7-15/h8-9,11,14-15H,5-7,10H2,1-4H3,(H,31,35). The van der Waals surface area contributed by atoms with Crippen molar-refractivity contribution in [1.82, 2.24) is 39.5 Å². The summed E-state index contributed by atoms with van der Waals surface area (Å²) in [7, 11) is -3.52. The Morgan fingerprint density at radius 1 is 1.05 bits per heavy atom. The van der Waals surface area contributed by atoms with Gasteiger partial charge in [0.05, 0.1) is 34.9 Å². The van der Waals surface area contributed by atoms with Gasteiger partial charge in [0, 0.05) is 18.3 Å². The lowest BCUT2D eigenvalue weighted by atomic mass is 10.1. The molecule has 0 aliphatic heterocycles. The molecule has 0 bridgehead atoms. The van der Waals surface area contributed by atoms with Crippen molar-refractivity contribution in [2.24, 2.45) is 0 Å².